The van der Waals surface area contributed by atoms with Crippen LogP contribution in [0.3, 0.4) is 0 Å². The highest BCUT2D eigenvalue weighted by atomic mass is 16.6. The first-order valence-electron chi connectivity index (χ1n) is 9.95. The van der Waals surface area contributed by atoms with E-state index in [0.29, 0.717) is 0 Å². The van der Waals surface area contributed by atoms with Crippen molar-refractivity contribution in [2.45, 2.75) is 19.4 Å². The normalized spacial score (nSPS) is 15.6. The summed E-state index contributed by atoms with van der Waals surface area (Å²) in [5.74, 6) is -0.112. The number of nitro groups is 1. The molecule has 154 valence electrons. The van der Waals surface area contributed by atoms with Gasteiger partial charge in [-0.15, -0.1) is 0 Å². The van der Waals surface area contributed by atoms with Crippen LogP contribution in [0.5, 0.6) is 0 Å². The van der Waals surface area contributed by atoms with Crippen molar-refractivity contribution in [2.24, 2.45) is 11.0 Å². The van der Waals surface area contributed by atoms with Crippen LogP contribution in [-0.4, -0.2) is 40.0 Å². The molecule has 0 aliphatic carbocycles. The predicted octanol–water partition coefficient (Wildman–Crippen LogP) is 3.44. The van der Waals surface area contributed by atoms with Gasteiger partial charge in [0, 0.05) is 47.3 Å². The monoisotopic (exact) mass is 405 g/mol. The Kier molecular flexibility index (Phi) is 5.85. The highest BCUT2D eigenvalue weighted by Crippen LogP contribution is 2.20. The van der Waals surface area contributed by atoms with Gasteiger partial charge in [0.25, 0.3) is 5.69 Å². The molecule has 8 heteroatoms. The summed E-state index contributed by atoms with van der Waals surface area (Å²) in [6.07, 6.45) is 5.07. The molecule has 1 amide bonds. The van der Waals surface area contributed by atoms with E-state index in [-0.39, 0.29) is 17.5 Å². The molecule has 2 aromatic carbocycles. The van der Waals surface area contributed by atoms with Gasteiger partial charge in [0.2, 0.25) is 5.91 Å². The lowest BCUT2D eigenvalue weighted by molar-refractivity contribution is -0.384. The molecule has 0 unspecified atom stereocenters. The average molecular weight is 405 g/mol. The molecule has 1 fully saturated rings. The van der Waals surface area contributed by atoms with Crippen molar-refractivity contribution in [1.29, 1.82) is 0 Å². The molecule has 1 saturated heterocycles. The van der Waals surface area contributed by atoms with Crippen molar-refractivity contribution in [3.8, 4) is 0 Å². The van der Waals surface area contributed by atoms with E-state index in [1.165, 1.54) is 12.1 Å². The van der Waals surface area contributed by atoms with Gasteiger partial charge in [-0.05, 0) is 37.6 Å². The second-order valence-electron chi connectivity index (χ2n) is 7.50. The number of amides is 1. The predicted molar refractivity (Wildman–Crippen MR) is 115 cm³/mol. The summed E-state index contributed by atoms with van der Waals surface area (Å²) < 4.78 is 0. The number of rotatable bonds is 6. The number of hydrogen-bond acceptors (Lipinski definition) is 5. The number of H-pyrrole nitrogens is 1. The van der Waals surface area contributed by atoms with E-state index in [1.54, 1.807) is 18.3 Å². The number of carbonyl (C=O) groups is 1. The number of piperidine rings is 1. The van der Waals surface area contributed by atoms with Crippen LogP contribution in [0, 0.1) is 16.0 Å². The number of aromatic amines is 1. The molecule has 4 rings (SSSR count). The summed E-state index contributed by atoms with van der Waals surface area (Å²) in [7, 11) is 0. The number of carbonyl (C=O) groups excluding carboxylic acids is 1. The first kappa shape index (κ1) is 19.8. The summed E-state index contributed by atoms with van der Waals surface area (Å²) in [4.78, 5) is 28.2. The first-order chi connectivity index (χ1) is 14.6. The largest absolute Gasteiger partial charge is 0.361 e. The third kappa shape index (κ3) is 4.55. The maximum atomic E-state index is 12.4. The van der Waals surface area contributed by atoms with Crippen molar-refractivity contribution >= 4 is 28.7 Å². The zero-order valence-corrected chi connectivity index (χ0v) is 16.5. The molecule has 2 N–H and O–H groups in total. The number of nitro benzene ring substituents is 1. The number of fused-ring (bicyclic) bond motifs is 1. The maximum absolute atomic E-state index is 12.4. The van der Waals surface area contributed by atoms with E-state index in [0.717, 1.165) is 54.5 Å². The molecule has 2 heterocycles. The fraction of sp³-hybridized carbons (Fsp3) is 0.273. The second-order valence-corrected chi connectivity index (χ2v) is 7.50. The number of hydrogen-bond donors (Lipinski definition) is 2. The number of benzene rings is 2. The highest BCUT2D eigenvalue weighted by molar-refractivity contribution is 5.99. The third-order valence-corrected chi connectivity index (χ3v) is 5.51. The lowest BCUT2D eigenvalue weighted by atomic mass is 9.96. The van der Waals surface area contributed by atoms with Gasteiger partial charge in [-0.2, -0.15) is 5.10 Å². The van der Waals surface area contributed by atoms with Gasteiger partial charge in [0.15, 0.2) is 0 Å². The fourth-order valence-electron chi connectivity index (χ4n) is 3.79. The summed E-state index contributed by atoms with van der Waals surface area (Å²) in [6, 6.07) is 14.6. The molecule has 8 nitrogen and oxygen atoms in total. The molecular weight excluding hydrogens is 382 g/mol. The molecule has 1 aliphatic rings. The van der Waals surface area contributed by atoms with Crippen LogP contribution in [0.25, 0.3) is 10.9 Å². The molecule has 0 atom stereocenters. The van der Waals surface area contributed by atoms with Gasteiger partial charge >= 0.3 is 0 Å². The zero-order chi connectivity index (χ0) is 20.9. The van der Waals surface area contributed by atoms with Crippen LogP contribution in [0.1, 0.15) is 24.0 Å². The molecule has 0 spiro atoms. The summed E-state index contributed by atoms with van der Waals surface area (Å²) in [5, 5.41) is 15.9. The van der Waals surface area contributed by atoms with Crippen LogP contribution in [-0.2, 0) is 11.3 Å². The molecule has 0 radical (unpaired) electrons. The third-order valence-electron chi connectivity index (χ3n) is 5.51. The molecular formula is C22H23N5O3. The van der Waals surface area contributed by atoms with Crippen molar-refractivity contribution in [3.05, 3.63) is 76.0 Å². The minimum Gasteiger partial charge on any atom is -0.361 e. The summed E-state index contributed by atoms with van der Waals surface area (Å²) in [6.45, 7) is 2.34. The van der Waals surface area contributed by atoms with E-state index in [9.17, 15) is 14.9 Å². The number of hydrazone groups is 1. The van der Waals surface area contributed by atoms with Gasteiger partial charge in [-0.1, -0.05) is 30.3 Å². The van der Waals surface area contributed by atoms with E-state index < -0.39 is 4.92 Å². The van der Waals surface area contributed by atoms with Crippen molar-refractivity contribution in [3.63, 3.8) is 0 Å². The molecule has 30 heavy (non-hydrogen) atoms. The lowest BCUT2D eigenvalue weighted by Crippen LogP contribution is -2.39. The molecule has 3 aromatic rings. The Morgan fingerprint density at radius 1 is 1.20 bits per heavy atom. The van der Waals surface area contributed by atoms with E-state index in [1.807, 2.05) is 30.5 Å². The Hall–Kier alpha value is -3.52. The molecule has 1 aliphatic heterocycles. The first-order valence-corrected chi connectivity index (χ1v) is 9.95. The number of nitrogens with one attached hydrogen (secondary N) is 2. The maximum Gasteiger partial charge on any atom is 0.269 e. The average Bonchev–Trinajstić information content (AvgIpc) is 3.18. The van der Waals surface area contributed by atoms with Gasteiger partial charge in [0.05, 0.1) is 11.1 Å². The Bertz CT molecular complexity index is 1070. The summed E-state index contributed by atoms with van der Waals surface area (Å²) >= 11 is 0. The number of aromatic nitrogens is 1. The van der Waals surface area contributed by atoms with Gasteiger partial charge < -0.3 is 4.98 Å². The Labute approximate surface area is 173 Å². The van der Waals surface area contributed by atoms with Crippen LogP contribution in [0.4, 0.5) is 5.69 Å². The molecule has 0 saturated carbocycles. The number of likely N-dealkylation sites (tertiary alicyclic amines) is 1. The number of non-ortho nitro benzene ring substituents is 1. The smallest absolute Gasteiger partial charge is 0.269 e. The minimum atomic E-state index is -0.394. The summed E-state index contributed by atoms with van der Waals surface area (Å²) in [5.41, 5.74) is 5.77. The van der Waals surface area contributed by atoms with Crippen molar-refractivity contribution in [1.82, 2.24) is 15.3 Å². The molecule has 0 bridgehead atoms. The van der Waals surface area contributed by atoms with Gasteiger partial charge in [-0.3, -0.25) is 19.8 Å². The van der Waals surface area contributed by atoms with Crippen LogP contribution >= 0.6 is 0 Å². The van der Waals surface area contributed by atoms with Crippen molar-refractivity contribution < 1.29 is 9.72 Å². The second kappa shape index (κ2) is 8.87. The van der Waals surface area contributed by atoms with E-state index >= 15 is 0 Å². The highest BCUT2D eigenvalue weighted by Gasteiger charge is 2.24. The topological polar surface area (TPSA) is 104 Å². The Morgan fingerprint density at radius 2 is 1.93 bits per heavy atom. The molecule has 1 aromatic heterocycles. The standard InChI is InChI=1S/C22H23N5O3/c28-22(25-24-14-18-13-23-21-4-2-1-3-20(18)21)17-9-11-26(12-10-17)15-16-5-7-19(8-6-16)27(29)30/h1-8,13-14,17,23H,9-12,15H2,(H,25,28)/b24-14+. The Morgan fingerprint density at radius 3 is 2.67 bits per heavy atom. The van der Waals surface area contributed by atoms with Gasteiger partial charge in [0.1, 0.15) is 0 Å². The van der Waals surface area contributed by atoms with E-state index in [4.69, 9.17) is 0 Å². The fourth-order valence-corrected chi connectivity index (χ4v) is 3.79. The van der Waals surface area contributed by atoms with Crippen molar-refractivity contribution in [2.75, 3.05) is 13.1 Å². The minimum absolute atomic E-state index is 0.0546. The van der Waals surface area contributed by atoms with Crippen LogP contribution < -0.4 is 5.43 Å². The van der Waals surface area contributed by atoms with Crippen LogP contribution in [0.2, 0.25) is 0 Å². The lowest BCUT2D eigenvalue weighted by Gasteiger charge is -2.30. The quantitative estimate of drug-likeness (QED) is 0.372. The SMILES string of the molecule is O=C(N/N=C/c1c[nH]c2ccccc12)C1CCN(Cc2ccc([N+](=O)[O-])cc2)CC1. The Balaban J connectivity index is 1.25. The number of nitrogens with zero attached hydrogens (tertiary/aromatic N) is 3. The van der Waals surface area contributed by atoms with E-state index in [2.05, 4.69) is 20.4 Å². The van der Waals surface area contributed by atoms with Crippen LogP contribution in [0.15, 0.2) is 59.8 Å². The zero-order valence-electron chi connectivity index (χ0n) is 16.5. The van der Waals surface area contributed by atoms with Gasteiger partial charge in [-0.25, -0.2) is 5.43 Å². The number of para-hydroxylation sites is 1.